The van der Waals surface area contributed by atoms with Gasteiger partial charge >= 0.3 is 12.3 Å². The van der Waals surface area contributed by atoms with Crippen molar-refractivity contribution in [1.82, 2.24) is 0 Å². The molecule has 6 heteroatoms. The van der Waals surface area contributed by atoms with Crippen LogP contribution >= 0.6 is 0 Å². The molecular weight excluding hydrogens is 285 g/mol. The minimum atomic E-state index is -4.57. The van der Waals surface area contributed by atoms with Gasteiger partial charge in [-0.2, -0.15) is 13.2 Å². The van der Waals surface area contributed by atoms with Crippen LogP contribution in [0, 0.1) is 0 Å². The molecule has 0 aromatic heterocycles. The molecule has 0 aliphatic rings. The highest BCUT2D eigenvalue weighted by atomic mass is 19.4. The molecule has 0 atom stereocenters. The maximum absolute atomic E-state index is 12.7. The quantitative estimate of drug-likeness (QED) is 0.395. The SMILES string of the molecule is CCCCCCCOC(=O)Oc1ccccc1C(F)(F)F. The van der Waals surface area contributed by atoms with E-state index in [4.69, 9.17) is 4.74 Å². The number of benzene rings is 1. The van der Waals surface area contributed by atoms with E-state index in [0.717, 1.165) is 37.8 Å². The second-order valence-corrected chi connectivity index (χ2v) is 4.61. The van der Waals surface area contributed by atoms with E-state index in [1.54, 1.807) is 0 Å². The third-order valence-electron chi connectivity index (χ3n) is 2.85. The molecule has 0 saturated carbocycles. The summed E-state index contributed by atoms with van der Waals surface area (Å²) in [5.41, 5.74) is -0.995. The van der Waals surface area contributed by atoms with Crippen molar-refractivity contribution in [2.45, 2.75) is 45.2 Å². The highest BCUT2D eigenvalue weighted by Crippen LogP contribution is 2.35. The van der Waals surface area contributed by atoms with Crippen LogP contribution in [0.5, 0.6) is 5.75 Å². The number of unbranched alkanes of at least 4 members (excludes halogenated alkanes) is 4. The molecule has 0 saturated heterocycles. The zero-order valence-electron chi connectivity index (χ0n) is 11.9. The van der Waals surface area contributed by atoms with E-state index in [0.29, 0.717) is 6.42 Å². The molecule has 21 heavy (non-hydrogen) atoms. The van der Waals surface area contributed by atoms with Crippen molar-refractivity contribution in [2.75, 3.05) is 6.61 Å². The summed E-state index contributed by atoms with van der Waals surface area (Å²) in [6, 6.07) is 4.54. The van der Waals surface area contributed by atoms with E-state index in [9.17, 15) is 18.0 Å². The Morgan fingerprint density at radius 3 is 2.43 bits per heavy atom. The van der Waals surface area contributed by atoms with Gasteiger partial charge in [0.25, 0.3) is 0 Å². The highest BCUT2D eigenvalue weighted by Gasteiger charge is 2.34. The molecule has 1 aromatic carbocycles. The van der Waals surface area contributed by atoms with Crippen molar-refractivity contribution in [3.05, 3.63) is 29.8 Å². The fraction of sp³-hybridized carbons (Fsp3) is 0.533. The molecule has 0 N–H and O–H groups in total. The lowest BCUT2D eigenvalue weighted by Gasteiger charge is -2.12. The molecule has 0 amide bonds. The zero-order chi connectivity index (χ0) is 15.7. The molecule has 0 fully saturated rings. The van der Waals surface area contributed by atoms with E-state index >= 15 is 0 Å². The lowest BCUT2D eigenvalue weighted by molar-refractivity contribution is -0.138. The Labute approximate surface area is 122 Å². The van der Waals surface area contributed by atoms with Gasteiger partial charge < -0.3 is 9.47 Å². The Morgan fingerprint density at radius 2 is 1.76 bits per heavy atom. The summed E-state index contributed by atoms with van der Waals surface area (Å²) in [7, 11) is 0. The molecule has 1 aromatic rings. The summed E-state index contributed by atoms with van der Waals surface area (Å²) in [5.74, 6) is -0.541. The summed E-state index contributed by atoms with van der Waals surface area (Å²) in [6.45, 7) is 2.24. The maximum atomic E-state index is 12.7. The number of hydrogen-bond acceptors (Lipinski definition) is 3. The number of rotatable bonds is 7. The van der Waals surface area contributed by atoms with Crippen molar-refractivity contribution in [3.8, 4) is 5.75 Å². The van der Waals surface area contributed by atoms with Crippen LogP contribution < -0.4 is 4.74 Å². The smallest absolute Gasteiger partial charge is 0.434 e. The van der Waals surface area contributed by atoms with Crippen molar-refractivity contribution in [1.29, 1.82) is 0 Å². The van der Waals surface area contributed by atoms with Crippen LogP contribution in [0.25, 0.3) is 0 Å². The fourth-order valence-corrected chi connectivity index (χ4v) is 1.77. The topological polar surface area (TPSA) is 35.5 Å². The van der Waals surface area contributed by atoms with Crippen molar-refractivity contribution >= 4 is 6.16 Å². The largest absolute Gasteiger partial charge is 0.513 e. The van der Waals surface area contributed by atoms with Gasteiger partial charge in [0.2, 0.25) is 0 Å². The van der Waals surface area contributed by atoms with Crippen LogP contribution in [0.15, 0.2) is 24.3 Å². The van der Waals surface area contributed by atoms with Crippen LogP contribution in [-0.2, 0) is 10.9 Å². The van der Waals surface area contributed by atoms with E-state index in [-0.39, 0.29) is 6.61 Å². The standard InChI is InChI=1S/C15H19F3O3/c1-2-3-4-5-8-11-20-14(19)21-13-10-7-6-9-12(13)15(16,17)18/h6-7,9-10H,2-5,8,11H2,1H3. The molecule has 3 nitrogen and oxygen atoms in total. The molecule has 0 heterocycles. The molecule has 1 rings (SSSR count). The molecule has 0 radical (unpaired) electrons. The lowest BCUT2D eigenvalue weighted by Crippen LogP contribution is -2.15. The van der Waals surface area contributed by atoms with Crippen LogP contribution in [0.4, 0.5) is 18.0 Å². The van der Waals surface area contributed by atoms with Crippen molar-refractivity contribution in [2.24, 2.45) is 0 Å². The first-order valence-electron chi connectivity index (χ1n) is 6.96. The van der Waals surface area contributed by atoms with Gasteiger partial charge in [0, 0.05) is 0 Å². The molecule has 0 bridgehead atoms. The lowest BCUT2D eigenvalue weighted by atomic mass is 10.2. The van der Waals surface area contributed by atoms with E-state index in [1.165, 1.54) is 12.1 Å². The van der Waals surface area contributed by atoms with Gasteiger partial charge in [-0.3, -0.25) is 0 Å². The Morgan fingerprint density at radius 1 is 1.10 bits per heavy atom. The van der Waals surface area contributed by atoms with Gasteiger partial charge in [0.05, 0.1) is 12.2 Å². The number of para-hydroxylation sites is 1. The maximum Gasteiger partial charge on any atom is 0.513 e. The third kappa shape index (κ3) is 6.51. The summed E-state index contributed by atoms with van der Waals surface area (Å²) in [5, 5.41) is 0. The monoisotopic (exact) mass is 304 g/mol. The van der Waals surface area contributed by atoms with Crippen LogP contribution in [0.1, 0.15) is 44.6 Å². The number of carbonyl (C=O) groups is 1. The van der Waals surface area contributed by atoms with Crippen LogP contribution in [0.2, 0.25) is 0 Å². The first-order chi connectivity index (χ1) is 9.95. The van der Waals surface area contributed by atoms with E-state index in [2.05, 4.69) is 11.7 Å². The zero-order valence-corrected chi connectivity index (χ0v) is 11.9. The van der Waals surface area contributed by atoms with Gasteiger partial charge in [-0.1, -0.05) is 44.7 Å². The Kier molecular flexibility index (Phi) is 7.05. The first kappa shape index (κ1) is 17.3. The molecule has 0 spiro atoms. The third-order valence-corrected chi connectivity index (χ3v) is 2.85. The van der Waals surface area contributed by atoms with Gasteiger partial charge in [-0.15, -0.1) is 0 Å². The molecule has 118 valence electrons. The van der Waals surface area contributed by atoms with Crippen LogP contribution in [-0.4, -0.2) is 12.8 Å². The van der Waals surface area contributed by atoms with Gasteiger partial charge in [0.15, 0.2) is 0 Å². The van der Waals surface area contributed by atoms with Crippen LogP contribution in [0.3, 0.4) is 0 Å². The summed E-state index contributed by atoms with van der Waals surface area (Å²) in [4.78, 5) is 11.4. The van der Waals surface area contributed by atoms with E-state index in [1.807, 2.05) is 0 Å². The Balaban J connectivity index is 2.42. The van der Waals surface area contributed by atoms with E-state index < -0.39 is 23.6 Å². The van der Waals surface area contributed by atoms with Crippen molar-refractivity contribution < 1.29 is 27.4 Å². The summed E-state index contributed by atoms with van der Waals surface area (Å²) in [6.07, 6.45) is -0.818. The number of alkyl halides is 3. The van der Waals surface area contributed by atoms with Gasteiger partial charge in [-0.25, -0.2) is 4.79 Å². The predicted molar refractivity (Wildman–Crippen MR) is 72.2 cm³/mol. The highest BCUT2D eigenvalue weighted by molar-refractivity contribution is 5.64. The second-order valence-electron chi connectivity index (χ2n) is 4.61. The van der Waals surface area contributed by atoms with Crippen molar-refractivity contribution in [3.63, 3.8) is 0 Å². The Bertz CT molecular complexity index is 444. The average Bonchev–Trinajstić information content (AvgIpc) is 2.42. The number of hydrogen-bond donors (Lipinski definition) is 0. The molecule has 0 aliphatic carbocycles. The molecule has 0 unspecified atom stereocenters. The number of ether oxygens (including phenoxy) is 2. The fourth-order valence-electron chi connectivity index (χ4n) is 1.77. The second kappa shape index (κ2) is 8.54. The van der Waals surface area contributed by atoms with Gasteiger partial charge in [0.1, 0.15) is 5.75 Å². The first-order valence-corrected chi connectivity index (χ1v) is 6.96. The minimum absolute atomic E-state index is 0.150. The minimum Gasteiger partial charge on any atom is -0.434 e. The molecule has 0 aliphatic heterocycles. The Hall–Kier alpha value is -1.72. The average molecular weight is 304 g/mol. The normalized spacial score (nSPS) is 11.2. The summed E-state index contributed by atoms with van der Waals surface area (Å²) >= 11 is 0. The summed E-state index contributed by atoms with van der Waals surface area (Å²) < 4.78 is 47.5. The number of halogens is 3. The predicted octanol–water partition coefficient (Wildman–Crippen LogP) is 5.19. The van der Waals surface area contributed by atoms with Gasteiger partial charge in [-0.05, 0) is 18.6 Å². The molecular formula is C15H19F3O3. The number of carbonyl (C=O) groups excluding carboxylic acids is 1.